The van der Waals surface area contributed by atoms with E-state index in [0.717, 1.165) is 121 Å². The quantitative estimate of drug-likeness (QED) is 0.0169. The number of ether oxygens (including phenoxy) is 4. The van der Waals surface area contributed by atoms with E-state index < -0.39 is 97.5 Å². The van der Waals surface area contributed by atoms with E-state index in [9.17, 15) is 43.2 Å². The minimum absolute atomic E-state index is 0.101. The summed E-state index contributed by atoms with van der Waals surface area (Å²) in [6.45, 7) is 9.49. The van der Waals surface area contributed by atoms with Crippen molar-refractivity contribution in [2.45, 2.75) is 387 Å². The molecule has 0 aromatic carbocycles. The lowest BCUT2D eigenvalue weighted by Gasteiger charge is -2.21. The fourth-order valence-corrected chi connectivity index (χ4v) is 12.7. The number of esters is 4. The van der Waals surface area contributed by atoms with Gasteiger partial charge in [-0.05, 0) is 63.2 Å². The van der Waals surface area contributed by atoms with Crippen LogP contribution in [-0.2, 0) is 65.4 Å². The monoisotopic (exact) mass is 1390 g/mol. The lowest BCUT2D eigenvalue weighted by atomic mass is 10.0. The molecule has 0 rings (SSSR count). The third-order valence-corrected chi connectivity index (χ3v) is 19.0. The normalized spacial score (nSPS) is 14.2. The molecule has 0 saturated heterocycles. The third-order valence-electron chi connectivity index (χ3n) is 17.1. The Kier molecular flexibility index (Phi) is 65.6. The van der Waals surface area contributed by atoms with Gasteiger partial charge in [0.05, 0.1) is 26.4 Å². The number of hydrogen-bond donors (Lipinski definition) is 3. The van der Waals surface area contributed by atoms with Gasteiger partial charge in [0.15, 0.2) is 12.2 Å². The fourth-order valence-electron chi connectivity index (χ4n) is 11.1. The average molecular weight is 1390 g/mol. The standard InChI is InChI=1S/C76H144O17P2/c1-7-9-11-13-15-17-19-21-22-27-30-34-40-46-52-58-73(78)86-64-71(92-76(81)61-55-49-42-36-32-28-24-23-26-29-33-38-44-50-56-68(3)4)66-90-94(82,83)88-62-70(77)63-89-95(84,85)91-67-72(65-87-74(79)59-53-47-43-37-39-45-51-57-69(5)6)93-75(80)60-54-48-41-35-31-25-20-18-16-14-12-10-8-2/h17,19,21-22,68-72,77H,7-16,18,20,23-67H2,1-6H3,(H,82,83)(H,84,85)/b19-17-,22-21-/t70-,71-,72-/m1/s1. The number of hydrogen-bond acceptors (Lipinski definition) is 15. The van der Waals surface area contributed by atoms with Crippen LogP contribution in [0.3, 0.4) is 0 Å². The van der Waals surface area contributed by atoms with Crippen LogP contribution >= 0.6 is 15.6 Å². The molecule has 0 bridgehead atoms. The highest BCUT2D eigenvalue weighted by Crippen LogP contribution is 2.45. The van der Waals surface area contributed by atoms with Gasteiger partial charge in [0.2, 0.25) is 0 Å². The van der Waals surface area contributed by atoms with Crippen LogP contribution in [0.1, 0.15) is 369 Å². The largest absolute Gasteiger partial charge is 0.472 e. The third kappa shape index (κ3) is 69.8. The van der Waals surface area contributed by atoms with Crippen LogP contribution < -0.4 is 0 Å². The first-order valence-corrected chi connectivity index (χ1v) is 41.8. The molecular weight excluding hydrogens is 1250 g/mol. The highest BCUT2D eigenvalue weighted by atomic mass is 31.2. The first-order valence-electron chi connectivity index (χ1n) is 38.8. The molecule has 0 aliphatic carbocycles. The van der Waals surface area contributed by atoms with Crippen molar-refractivity contribution in [3.05, 3.63) is 24.3 Å². The summed E-state index contributed by atoms with van der Waals surface area (Å²) < 4.78 is 68.5. The second-order valence-electron chi connectivity index (χ2n) is 27.7. The fraction of sp³-hybridized carbons (Fsp3) is 0.895. The van der Waals surface area contributed by atoms with E-state index in [0.29, 0.717) is 31.6 Å². The van der Waals surface area contributed by atoms with Gasteiger partial charge in [-0.25, -0.2) is 9.13 Å². The topological polar surface area (TPSA) is 237 Å². The Morgan fingerprint density at radius 2 is 0.568 bits per heavy atom. The van der Waals surface area contributed by atoms with Gasteiger partial charge in [0.25, 0.3) is 0 Å². The van der Waals surface area contributed by atoms with Gasteiger partial charge in [-0.1, -0.05) is 316 Å². The van der Waals surface area contributed by atoms with E-state index in [4.69, 9.17) is 37.0 Å². The van der Waals surface area contributed by atoms with Gasteiger partial charge in [0.1, 0.15) is 19.3 Å². The molecule has 2 unspecified atom stereocenters. The van der Waals surface area contributed by atoms with Crippen molar-refractivity contribution in [2.75, 3.05) is 39.6 Å². The van der Waals surface area contributed by atoms with Crippen LogP contribution in [0.15, 0.2) is 24.3 Å². The van der Waals surface area contributed by atoms with Crippen molar-refractivity contribution in [1.82, 2.24) is 0 Å². The maximum Gasteiger partial charge on any atom is 0.472 e. The zero-order valence-corrected chi connectivity index (χ0v) is 63.2. The van der Waals surface area contributed by atoms with E-state index >= 15 is 0 Å². The van der Waals surface area contributed by atoms with Crippen LogP contribution in [0.25, 0.3) is 0 Å². The molecule has 19 heteroatoms. The maximum atomic E-state index is 13.1. The molecule has 17 nitrogen and oxygen atoms in total. The number of rotatable bonds is 73. The predicted octanol–water partition coefficient (Wildman–Crippen LogP) is 21.9. The van der Waals surface area contributed by atoms with Crippen molar-refractivity contribution in [2.24, 2.45) is 11.8 Å². The van der Waals surface area contributed by atoms with Gasteiger partial charge in [-0.3, -0.25) is 37.3 Å². The summed E-state index contributed by atoms with van der Waals surface area (Å²) >= 11 is 0. The number of phosphoric acid groups is 2. The van der Waals surface area contributed by atoms with Gasteiger partial charge < -0.3 is 33.8 Å². The van der Waals surface area contributed by atoms with E-state index in [1.54, 1.807) is 0 Å². The molecule has 0 spiro atoms. The van der Waals surface area contributed by atoms with Crippen molar-refractivity contribution >= 4 is 39.5 Å². The number of phosphoric ester groups is 2. The highest BCUT2D eigenvalue weighted by molar-refractivity contribution is 7.47. The molecule has 0 radical (unpaired) electrons. The summed E-state index contributed by atoms with van der Waals surface area (Å²) in [6.07, 6.45) is 57.7. The molecule has 0 heterocycles. The number of aliphatic hydroxyl groups excluding tert-OH is 1. The van der Waals surface area contributed by atoms with Crippen LogP contribution in [0.5, 0.6) is 0 Å². The van der Waals surface area contributed by atoms with Crippen LogP contribution in [0, 0.1) is 11.8 Å². The van der Waals surface area contributed by atoms with Gasteiger partial charge >= 0.3 is 39.5 Å². The summed E-state index contributed by atoms with van der Waals surface area (Å²) in [6, 6.07) is 0. The second kappa shape index (κ2) is 67.4. The Morgan fingerprint density at radius 1 is 0.326 bits per heavy atom. The van der Waals surface area contributed by atoms with E-state index in [1.807, 2.05) is 0 Å². The lowest BCUT2D eigenvalue weighted by Crippen LogP contribution is -2.30. The van der Waals surface area contributed by atoms with E-state index in [2.05, 4.69) is 65.8 Å². The number of carbonyl (C=O) groups is 4. The number of unbranched alkanes of at least 4 members (excludes halogenated alkanes) is 40. The van der Waals surface area contributed by atoms with Crippen LogP contribution in [0.4, 0.5) is 0 Å². The van der Waals surface area contributed by atoms with Gasteiger partial charge in [0, 0.05) is 25.7 Å². The molecule has 95 heavy (non-hydrogen) atoms. The zero-order valence-electron chi connectivity index (χ0n) is 61.5. The summed E-state index contributed by atoms with van der Waals surface area (Å²) in [7, 11) is -9.92. The summed E-state index contributed by atoms with van der Waals surface area (Å²) in [5.74, 6) is -0.649. The minimum atomic E-state index is -4.96. The van der Waals surface area contributed by atoms with E-state index in [-0.39, 0.29) is 25.7 Å². The Balaban J connectivity index is 5.28. The van der Waals surface area contributed by atoms with Crippen molar-refractivity contribution < 1.29 is 80.2 Å². The molecule has 0 amide bonds. The van der Waals surface area contributed by atoms with Crippen LogP contribution in [-0.4, -0.2) is 96.7 Å². The lowest BCUT2D eigenvalue weighted by molar-refractivity contribution is -0.161. The van der Waals surface area contributed by atoms with Crippen molar-refractivity contribution in [1.29, 1.82) is 0 Å². The van der Waals surface area contributed by atoms with Gasteiger partial charge in [-0.15, -0.1) is 0 Å². The Labute approximate surface area is 580 Å². The predicted molar refractivity (Wildman–Crippen MR) is 386 cm³/mol. The summed E-state index contributed by atoms with van der Waals surface area (Å²) in [4.78, 5) is 72.8. The molecule has 0 aromatic heterocycles. The SMILES string of the molecule is CCCCCC/C=C\C=C/CCCCCCCC(=O)OC[C@H](COP(=O)(O)OC[C@@H](O)COP(=O)(O)OC[C@@H](COC(=O)CCCCCCCCCC(C)C)OC(=O)CCCCCCCCCCCCCCC)OC(=O)CCCCCCCCCCCCCCCCC(C)C. The number of allylic oxidation sites excluding steroid dienone is 4. The van der Waals surface area contributed by atoms with Crippen molar-refractivity contribution in [3.63, 3.8) is 0 Å². The molecule has 560 valence electrons. The smallest absolute Gasteiger partial charge is 0.462 e. The molecule has 3 N–H and O–H groups in total. The molecule has 0 saturated carbocycles. The molecule has 0 aliphatic rings. The highest BCUT2D eigenvalue weighted by Gasteiger charge is 2.30. The Bertz CT molecular complexity index is 1930. The Morgan fingerprint density at radius 3 is 0.863 bits per heavy atom. The molecule has 0 aromatic rings. The Hall–Kier alpha value is -2.46. The molecular formula is C76H144O17P2. The first-order chi connectivity index (χ1) is 45.9. The van der Waals surface area contributed by atoms with E-state index in [1.165, 1.54) is 161 Å². The number of carbonyl (C=O) groups excluding carboxylic acids is 4. The second-order valence-corrected chi connectivity index (χ2v) is 30.6. The molecule has 0 aliphatic heterocycles. The summed E-state index contributed by atoms with van der Waals surface area (Å²) in [5.41, 5.74) is 0. The minimum Gasteiger partial charge on any atom is -0.462 e. The molecule has 5 atom stereocenters. The zero-order chi connectivity index (χ0) is 70.0. The van der Waals surface area contributed by atoms with Crippen molar-refractivity contribution in [3.8, 4) is 0 Å². The first kappa shape index (κ1) is 92.5. The summed E-state index contributed by atoms with van der Waals surface area (Å²) in [5, 5.41) is 10.6. The van der Waals surface area contributed by atoms with Crippen LogP contribution in [0.2, 0.25) is 0 Å². The number of aliphatic hydroxyl groups is 1. The average Bonchev–Trinajstić information content (AvgIpc) is 1.86. The van der Waals surface area contributed by atoms with Gasteiger partial charge in [-0.2, -0.15) is 0 Å². The molecule has 0 fully saturated rings. The maximum absolute atomic E-state index is 13.1.